The minimum Gasteiger partial charge on any atom is -0.391 e. The molecule has 22 heavy (non-hydrogen) atoms. The number of hydrogen-bond donors (Lipinski definition) is 4. The van der Waals surface area contributed by atoms with E-state index in [9.17, 15) is 10.2 Å². The van der Waals surface area contributed by atoms with Crippen LogP contribution in [-0.4, -0.2) is 20.4 Å². The molecular weight excluding hydrogens is 320 g/mol. The molecule has 0 unspecified atom stereocenters. The third-order valence-electron chi connectivity index (χ3n) is 3.54. The van der Waals surface area contributed by atoms with Gasteiger partial charge in [-0.2, -0.15) is 0 Å². The second-order valence-electron chi connectivity index (χ2n) is 5.24. The first-order valence-corrected chi connectivity index (χ1v) is 9.02. The van der Waals surface area contributed by atoms with Gasteiger partial charge in [0.15, 0.2) is 0 Å². The van der Waals surface area contributed by atoms with Gasteiger partial charge in [-0.05, 0) is 37.1 Å². The van der Waals surface area contributed by atoms with Gasteiger partial charge >= 0.3 is 0 Å². The molecule has 0 saturated heterocycles. The van der Waals surface area contributed by atoms with Crippen molar-refractivity contribution in [3.8, 4) is 0 Å². The first kappa shape index (κ1) is 17.6. The van der Waals surface area contributed by atoms with Gasteiger partial charge in [-0.3, -0.25) is 0 Å². The molecule has 0 fully saturated rings. The van der Waals surface area contributed by atoms with Crippen LogP contribution in [0.2, 0.25) is 0 Å². The molecule has 0 aliphatic rings. The Labute approximate surface area is 138 Å². The Morgan fingerprint density at radius 1 is 0.727 bits per heavy atom. The molecule has 4 N–H and O–H groups in total. The minimum atomic E-state index is -0.495. The zero-order valence-electron chi connectivity index (χ0n) is 12.3. The lowest BCUT2D eigenvalue weighted by molar-refractivity contribution is 0.150. The topological polar surface area (TPSA) is 80.9 Å². The minimum absolute atomic E-state index is 0.0141. The molecule has 0 amide bonds. The number of aliphatic hydroxyl groups excluding tert-OH is 4. The molecule has 6 heteroatoms. The van der Waals surface area contributed by atoms with Gasteiger partial charge in [-0.15, -0.1) is 22.7 Å². The lowest BCUT2D eigenvalue weighted by Crippen LogP contribution is -1.97. The maximum Gasteiger partial charge on any atom is 0.0882 e. The van der Waals surface area contributed by atoms with Crippen LogP contribution in [0.3, 0.4) is 0 Å². The summed E-state index contributed by atoms with van der Waals surface area (Å²) in [6.45, 7) is 0.0282. The van der Waals surface area contributed by atoms with E-state index in [0.717, 1.165) is 32.4 Å². The highest BCUT2D eigenvalue weighted by molar-refractivity contribution is 7.12. The van der Waals surface area contributed by atoms with Gasteiger partial charge in [0.1, 0.15) is 0 Å². The zero-order valence-corrected chi connectivity index (χ0v) is 13.9. The smallest absolute Gasteiger partial charge is 0.0882 e. The van der Waals surface area contributed by atoms with Crippen molar-refractivity contribution in [2.75, 3.05) is 0 Å². The third-order valence-corrected chi connectivity index (χ3v) is 5.88. The van der Waals surface area contributed by atoms with E-state index in [1.165, 1.54) is 22.7 Å². The molecule has 2 aromatic rings. The number of rotatable bonds is 9. The molecule has 122 valence electrons. The molecule has 0 spiro atoms. The number of unbranched alkanes of at least 4 members (excludes halogenated alkanes) is 1. The average Bonchev–Trinajstić information content (AvgIpc) is 3.19. The summed E-state index contributed by atoms with van der Waals surface area (Å²) in [6, 6.07) is 7.39. The molecule has 0 aliphatic carbocycles. The highest BCUT2D eigenvalue weighted by Gasteiger charge is 2.13. The van der Waals surface area contributed by atoms with E-state index in [2.05, 4.69) is 0 Å². The molecule has 0 radical (unpaired) electrons. The molecule has 2 rings (SSSR count). The van der Waals surface area contributed by atoms with E-state index in [1.807, 2.05) is 24.3 Å². The lowest BCUT2D eigenvalue weighted by Gasteiger charge is -2.10. The van der Waals surface area contributed by atoms with Gasteiger partial charge in [0.2, 0.25) is 0 Å². The molecule has 0 aliphatic heterocycles. The van der Waals surface area contributed by atoms with Crippen LogP contribution in [0, 0.1) is 0 Å². The first-order valence-electron chi connectivity index (χ1n) is 7.39. The second kappa shape index (κ2) is 8.76. The van der Waals surface area contributed by atoms with Gasteiger partial charge in [-0.25, -0.2) is 0 Å². The summed E-state index contributed by atoms with van der Waals surface area (Å²) >= 11 is 2.87. The monoisotopic (exact) mass is 342 g/mol. The number of thiophene rings is 2. The van der Waals surface area contributed by atoms with E-state index in [1.54, 1.807) is 0 Å². The van der Waals surface area contributed by atoms with E-state index >= 15 is 0 Å². The second-order valence-corrected chi connectivity index (χ2v) is 7.64. The molecule has 0 bridgehead atoms. The summed E-state index contributed by atoms with van der Waals surface area (Å²) in [4.78, 5) is 3.49. The predicted octanol–water partition coefficient (Wildman–Crippen LogP) is 3.12. The standard InChI is InChI=1S/C16H22O4S2/c17-9-11-5-7-15(21-11)13(19)3-1-2-4-14(20)16-8-6-12(10-18)22-16/h5-8,13-14,17-20H,1-4,9-10H2/t13-,14-/m0/s1. The number of hydrogen-bond acceptors (Lipinski definition) is 6. The normalized spacial score (nSPS) is 14.2. The Morgan fingerprint density at radius 2 is 1.14 bits per heavy atom. The van der Waals surface area contributed by atoms with E-state index in [0.29, 0.717) is 12.8 Å². The van der Waals surface area contributed by atoms with Crippen molar-refractivity contribution in [2.45, 2.75) is 51.1 Å². The zero-order chi connectivity index (χ0) is 15.9. The quantitative estimate of drug-likeness (QED) is 0.528. The van der Waals surface area contributed by atoms with Crippen molar-refractivity contribution in [1.82, 2.24) is 0 Å². The highest BCUT2D eigenvalue weighted by Crippen LogP contribution is 2.30. The Kier molecular flexibility index (Phi) is 7.01. The van der Waals surface area contributed by atoms with Gasteiger partial charge < -0.3 is 20.4 Å². The fourth-order valence-corrected chi connectivity index (χ4v) is 4.06. The third kappa shape index (κ3) is 4.87. The fourth-order valence-electron chi connectivity index (χ4n) is 2.28. The van der Waals surface area contributed by atoms with E-state index in [-0.39, 0.29) is 13.2 Å². The largest absolute Gasteiger partial charge is 0.391 e. The van der Waals surface area contributed by atoms with Crippen LogP contribution in [-0.2, 0) is 13.2 Å². The summed E-state index contributed by atoms with van der Waals surface area (Å²) in [5.74, 6) is 0. The van der Waals surface area contributed by atoms with Crippen LogP contribution in [0.25, 0.3) is 0 Å². The maximum absolute atomic E-state index is 10.1. The maximum atomic E-state index is 10.1. The predicted molar refractivity (Wildman–Crippen MR) is 88.9 cm³/mol. The van der Waals surface area contributed by atoms with Crippen LogP contribution in [0.5, 0.6) is 0 Å². The molecule has 0 aromatic carbocycles. The summed E-state index contributed by atoms with van der Waals surface area (Å²) < 4.78 is 0. The molecule has 0 saturated carbocycles. The molecule has 2 heterocycles. The van der Waals surface area contributed by atoms with Crippen LogP contribution in [0.15, 0.2) is 24.3 Å². The van der Waals surface area contributed by atoms with Crippen LogP contribution < -0.4 is 0 Å². The molecular formula is C16H22O4S2. The summed E-state index contributed by atoms with van der Waals surface area (Å²) in [7, 11) is 0. The van der Waals surface area contributed by atoms with Crippen molar-refractivity contribution in [2.24, 2.45) is 0 Å². The summed E-state index contributed by atoms with van der Waals surface area (Å²) in [5, 5.41) is 38.2. The van der Waals surface area contributed by atoms with Crippen molar-refractivity contribution in [3.05, 3.63) is 43.8 Å². The lowest BCUT2D eigenvalue weighted by atomic mass is 10.1. The Balaban J connectivity index is 1.69. The molecule has 2 aromatic heterocycles. The summed E-state index contributed by atoms with van der Waals surface area (Å²) in [6.07, 6.45) is 2.00. The van der Waals surface area contributed by atoms with E-state index < -0.39 is 12.2 Å². The molecule has 4 nitrogen and oxygen atoms in total. The Bertz CT molecular complexity index is 514. The van der Waals surface area contributed by atoms with Gasteiger partial charge in [-0.1, -0.05) is 12.8 Å². The first-order chi connectivity index (χ1) is 10.6. The van der Waals surface area contributed by atoms with Crippen LogP contribution >= 0.6 is 22.7 Å². The van der Waals surface area contributed by atoms with Crippen LogP contribution in [0.4, 0.5) is 0 Å². The SMILES string of the molecule is OCc1ccc([C@@H](O)CCCC[C@H](O)c2ccc(CO)s2)s1. The van der Waals surface area contributed by atoms with Gasteiger partial charge in [0.05, 0.1) is 25.4 Å². The Hall–Kier alpha value is -0.760. The van der Waals surface area contributed by atoms with Crippen LogP contribution in [0.1, 0.15) is 57.4 Å². The number of aliphatic hydroxyl groups is 4. The average molecular weight is 342 g/mol. The van der Waals surface area contributed by atoms with Crippen molar-refractivity contribution < 1.29 is 20.4 Å². The summed E-state index contributed by atoms with van der Waals surface area (Å²) in [5.41, 5.74) is 0. The van der Waals surface area contributed by atoms with Crippen molar-refractivity contribution in [3.63, 3.8) is 0 Å². The van der Waals surface area contributed by atoms with Gasteiger partial charge in [0, 0.05) is 19.5 Å². The fraction of sp³-hybridized carbons (Fsp3) is 0.500. The van der Waals surface area contributed by atoms with Crippen molar-refractivity contribution >= 4 is 22.7 Å². The Morgan fingerprint density at radius 3 is 1.45 bits per heavy atom. The van der Waals surface area contributed by atoms with Crippen molar-refractivity contribution in [1.29, 1.82) is 0 Å². The highest BCUT2D eigenvalue weighted by atomic mass is 32.1. The van der Waals surface area contributed by atoms with E-state index in [4.69, 9.17) is 10.2 Å². The molecule has 2 atom stereocenters. The van der Waals surface area contributed by atoms with Gasteiger partial charge in [0.25, 0.3) is 0 Å².